The number of rotatable bonds is 6. The maximum atomic E-state index is 12.4. The van der Waals surface area contributed by atoms with Crippen molar-refractivity contribution in [1.29, 1.82) is 0 Å². The fourth-order valence-corrected chi connectivity index (χ4v) is 2.84. The van der Waals surface area contributed by atoms with Gasteiger partial charge in [-0.15, -0.1) is 0 Å². The number of thiophene rings is 1. The molecule has 0 atom stereocenters. The van der Waals surface area contributed by atoms with Gasteiger partial charge in [0.25, 0.3) is 5.91 Å². The molecule has 1 heterocycles. The van der Waals surface area contributed by atoms with Crippen molar-refractivity contribution in [2.24, 2.45) is 0 Å². The number of carbonyl (C=O) groups excluding carboxylic acids is 1. The topological polar surface area (TPSA) is 55.6 Å². The lowest BCUT2D eigenvalue weighted by Crippen LogP contribution is -2.36. The van der Waals surface area contributed by atoms with Crippen LogP contribution < -0.4 is 10.5 Å². The van der Waals surface area contributed by atoms with Gasteiger partial charge in [0, 0.05) is 18.3 Å². The first kappa shape index (κ1) is 13.9. The minimum atomic E-state index is 0.0422. The fraction of sp³-hybridized carbons (Fsp3) is 0.312. The number of anilines is 1. The largest absolute Gasteiger partial charge is 0.484 e. The first-order valence-electron chi connectivity index (χ1n) is 7.01. The molecule has 0 aliphatic heterocycles. The molecule has 5 heteroatoms. The maximum Gasteiger partial charge on any atom is 0.261 e. The predicted octanol–water partition coefficient (Wildman–Crippen LogP) is 2.90. The highest BCUT2D eigenvalue weighted by molar-refractivity contribution is 7.07. The highest BCUT2D eigenvalue weighted by atomic mass is 32.1. The molecule has 2 aromatic rings. The highest BCUT2D eigenvalue weighted by Crippen LogP contribution is 2.29. The second kappa shape index (κ2) is 6.18. The van der Waals surface area contributed by atoms with Gasteiger partial charge in [0.2, 0.25) is 0 Å². The minimum Gasteiger partial charge on any atom is -0.484 e. The number of carbonyl (C=O) groups is 1. The van der Waals surface area contributed by atoms with Gasteiger partial charge in [-0.2, -0.15) is 11.3 Å². The van der Waals surface area contributed by atoms with Crippen LogP contribution in [0.25, 0.3) is 0 Å². The quantitative estimate of drug-likeness (QED) is 0.835. The zero-order chi connectivity index (χ0) is 14.7. The molecule has 1 fully saturated rings. The van der Waals surface area contributed by atoms with Crippen LogP contribution in [0.4, 0.5) is 5.69 Å². The normalized spacial score (nSPS) is 13.9. The SMILES string of the molecule is Nc1ccc(OCC(=O)N(Cc2ccsc2)C2CC2)cc1. The van der Waals surface area contributed by atoms with Crippen LogP contribution in [0.15, 0.2) is 41.1 Å². The number of nitrogens with zero attached hydrogens (tertiary/aromatic N) is 1. The van der Waals surface area contributed by atoms with Crippen molar-refractivity contribution in [3.63, 3.8) is 0 Å². The van der Waals surface area contributed by atoms with Gasteiger partial charge in [-0.3, -0.25) is 4.79 Å². The molecule has 1 aliphatic carbocycles. The lowest BCUT2D eigenvalue weighted by Gasteiger charge is -2.22. The van der Waals surface area contributed by atoms with Crippen LogP contribution >= 0.6 is 11.3 Å². The number of amides is 1. The summed E-state index contributed by atoms with van der Waals surface area (Å²) >= 11 is 1.66. The molecule has 0 unspecified atom stereocenters. The molecule has 21 heavy (non-hydrogen) atoms. The third-order valence-corrected chi connectivity index (χ3v) is 4.22. The number of hydrogen-bond acceptors (Lipinski definition) is 4. The summed E-state index contributed by atoms with van der Waals surface area (Å²) in [5.41, 5.74) is 7.50. The maximum absolute atomic E-state index is 12.4. The molecule has 1 aromatic carbocycles. The van der Waals surface area contributed by atoms with Crippen LogP contribution in [0.2, 0.25) is 0 Å². The molecule has 0 saturated heterocycles. The molecular weight excluding hydrogens is 284 g/mol. The Labute approximate surface area is 128 Å². The van der Waals surface area contributed by atoms with Gasteiger partial charge >= 0.3 is 0 Å². The summed E-state index contributed by atoms with van der Waals surface area (Å²) in [4.78, 5) is 14.3. The van der Waals surface area contributed by atoms with E-state index in [0.717, 1.165) is 12.8 Å². The number of benzene rings is 1. The Morgan fingerprint density at radius 2 is 2.05 bits per heavy atom. The van der Waals surface area contributed by atoms with Crippen molar-refractivity contribution < 1.29 is 9.53 Å². The summed E-state index contributed by atoms with van der Waals surface area (Å²) < 4.78 is 5.56. The predicted molar refractivity (Wildman–Crippen MR) is 84.2 cm³/mol. The highest BCUT2D eigenvalue weighted by Gasteiger charge is 2.32. The fourth-order valence-electron chi connectivity index (χ4n) is 2.18. The Kier molecular flexibility index (Phi) is 4.10. The van der Waals surface area contributed by atoms with E-state index in [1.54, 1.807) is 35.6 Å². The summed E-state index contributed by atoms with van der Waals surface area (Å²) in [7, 11) is 0. The number of nitrogen functional groups attached to an aromatic ring is 1. The van der Waals surface area contributed by atoms with E-state index >= 15 is 0 Å². The summed E-state index contributed by atoms with van der Waals surface area (Å²) in [6.07, 6.45) is 2.19. The summed E-state index contributed by atoms with van der Waals surface area (Å²) in [6.45, 7) is 0.753. The Bertz CT molecular complexity index is 591. The summed E-state index contributed by atoms with van der Waals surface area (Å²) in [5.74, 6) is 0.712. The minimum absolute atomic E-state index is 0.0422. The molecule has 3 rings (SSSR count). The van der Waals surface area contributed by atoms with Crippen LogP contribution in [0.1, 0.15) is 18.4 Å². The van der Waals surface area contributed by atoms with Crippen LogP contribution in [0, 0.1) is 0 Å². The molecule has 1 saturated carbocycles. The van der Waals surface area contributed by atoms with Gasteiger partial charge in [0.1, 0.15) is 5.75 Å². The molecule has 0 spiro atoms. The number of hydrogen-bond donors (Lipinski definition) is 1. The Hall–Kier alpha value is -2.01. The Balaban J connectivity index is 1.58. The van der Waals surface area contributed by atoms with Crippen molar-refractivity contribution >= 4 is 22.9 Å². The van der Waals surface area contributed by atoms with Crippen molar-refractivity contribution in [2.75, 3.05) is 12.3 Å². The standard InChI is InChI=1S/C16H18N2O2S/c17-13-1-5-15(6-2-13)20-10-16(19)18(14-3-4-14)9-12-7-8-21-11-12/h1-2,5-8,11,14H,3-4,9-10,17H2. The molecule has 2 N–H and O–H groups in total. The van der Waals surface area contributed by atoms with Gasteiger partial charge in [0.05, 0.1) is 0 Å². The molecule has 0 bridgehead atoms. The van der Waals surface area contributed by atoms with Gasteiger partial charge < -0.3 is 15.4 Å². The second-order valence-corrected chi connectivity index (χ2v) is 6.02. The van der Waals surface area contributed by atoms with Crippen molar-refractivity contribution in [2.45, 2.75) is 25.4 Å². The summed E-state index contributed by atoms with van der Waals surface area (Å²) in [5, 5.41) is 4.12. The molecular formula is C16H18N2O2S. The average Bonchev–Trinajstić information content (AvgIpc) is 3.20. The van der Waals surface area contributed by atoms with E-state index in [9.17, 15) is 4.79 Å². The van der Waals surface area contributed by atoms with Crippen molar-refractivity contribution in [3.05, 3.63) is 46.7 Å². The first-order valence-corrected chi connectivity index (χ1v) is 7.95. The van der Waals surface area contributed by atoms with E-state index in [1.165, 1.54) is 5.56 Å². The third kappa shape index (κ3) is 3.76. The smallest absolute Gasteiger partial charge is 0.261 e. The van der Waals surface area contributed by atoms with Crippen LogP contribution in [-0.2, 0) is 11.3 Å². The first-order chi connectivity index (χ1) is 10.2. The van der Waals surface area contributed by atoms with Crippen LogP contribution in [-0.4, -0.2) is 23.5 Å². The van der Waals surface area contributed by atoms with Gasteiger partial charge in [-0.1, -0.05) is 0 Å². The van der Waals surface area contributed by atoms with Gasteiger partial charge in [-0.25, -0.2) is 0 Å². The lowest BCUT2D eigenvalue weighted by atomic mass is 10.3. The molecule has 110 valence electrons. The summed E-state index contributed by atoms with van der Waals surface area (Å²) in [6, 6.07) is 9.54. The monoisotopic (exact) mass is 302 g/mol. The zero-order valence-electron chi connectivity index (χ0n) is 11.7. The van der Waals surface area contributed by atoms with Gasteiger partial charge in [0.15, 0.2) is 6.61 Å². The number of ether oxygens (including phenoxy) is 1. The third-order valence-electron chi connectivity index (χ3n) is 3.48. The molecule has 4 nitrogen and oxygen atoms in total. The number of nitrogens with two attached hydrogens (primary N) is 1. The van der Waals surface area contributed by atoms with Crippen molar-refractivity contribution in [3.8, 4) is 5.75 Å². The van der Waals surface area contributed by atoms with Crippen molar-refractivity contribution in [1.82, 2.24) is 4.90 Å². The van der Waals surface area contributed by atoms with E-state index < -0.39 is 0 Å². The molecule has 1 amide bonds. The van der Waals surface area contributed by atoms with Crippen LogP contribution in [0.5, 0.6) is 5.75 Å². The zero-order valence-corrected chi connectivity index (χ0v) is 12.5. The van der Waals surface area contributed by atoms with Crippen LogP contribution in [0.3, 0.4) is 0 Å². The molecule has 1 aliphatic rings. The molecule has 0 radical (unpaired) electrons. The van der Waals surface area contributed by atoms with E-state index in [1.807, 2.05) is 10.3 Å². The Morgan fingerprint density at radius 3 is 2.67 bits per heavy atom. The van der Waals surface area contributed by atoms with E-state index in [0.29, 0.717) is 24.0 Å². The van der Waals surface area contributed by atoms with E-state index in [4.69, 9.17) is 10.5 Å². The molecule has 1 aromatic heterocycles. The van der Waals surface area contributed by atoms with E-state index in [-0.39, 0.29) is 12.5 Å². The second-order valence-electron chi connectivity index (χ2n) is 5.24. The lowest BCUT2D eigenvalue weighted by molar-refractivity contribution is -0.134. The Morgan fingerprint density at radius 1 is 1.29 bits per heavy atom. The van der Waals surface area contributed by atoms with Gasteiger partial charge in [-0.05, 0) is 59.5 Å². The van der Waals surface area contributed by atoms with E-state index in [2.05, 4.69) is 11.4 Å². The average molecular weight is 302 g/mol.